The fraction of sp³-hybridized carbons (Fsp3) is 0.143. The van der Waals surface area contributed by atoms with Gasteiger partial charge in [-0.05, 0) is 19.1 Å². The first-order valence-corrected chi connectivity index (χ1v) is 6.08. The van der Waals surface area contributed by atoms with Gasteiger partial charge in [-0.2, -0.15) is 5.10 Å². The number of rotatable bonds is 3. The van der Waals surface area contributed by atoms with Gasteiger partial charge in [0.05, 0.1) is 5.69 Å². The van der Waals surface area contributed by atoms with Gasteiger partial charge in [-0.15, -0.1) is 0 Å². The van der Waals surface area contributed by atoms with Crippen LogP contribution >= 0.6 is 0 Å². The van der Waals surface area contributed by atoms with E-state index in [1.54, 1.807) is 10.7 Å². The average Bonchev–Trinajstić information content (AvgIpc) is 3.01. The molecule has 0 atom stereocenters. The lowest BCUT2D eigenvalue weighted by Crippen LogP contribution is -2.02. The largest absolute Gasteiger partial charge is 0.476 e. The number of carboxylic acids is 1. The summed E-state index contributed by atoms with van der Waals surface area (Å²) in [6.07, 6.45) is 1.89. The van der Waals surface area contributed by atoms with Gasteiger partial charge in [0.15, 0.2) is 5.69 Å². The van der Waals surface area contributed by atoms with Gasteiger partial charge in [0.25, 0.3) is 0 Å². The summed E-state index contributed by atoms with van der Waals surface area (Å²) in [4.78, 5) is 14.2. The minimum absolute atomic E-state index is 0.0714. The molecule has 0 saturated heterocycles. The number of aromatic nitrogens is 3. The molecular weight excluding hydrogens is 242 g/mol. The van der Waals surface area contributed by atoms with E-state index in [1.165, 1.54) is 0 Å². The zero-order valence-corrected chi connectivity index (χ0v) is 10.4. The Labute approximate surface area is 109 Å². The van der Waals surface area contributed by atoms with E-state index in [-0.39, 0.29) is 5.69 Å². The second-order valence-corrected chi connectivity index (χ2v) is 4.28. The summed E-state index contributed by atoms with van der Waals surface area (Å²) >= 11 is 0. The van der Waals surface area contributed by atoms with Crippen LogP contribution in [0.15, 0.2) is 36.5 Å². The molecule has 2 aromatic heterocycles. The van der Waals surface area contributed by atoms with Gasteiger partial charge in [-0.25, -0.2) is 4.79 Å². The number of nitrogens with zero attached hydrogens (tertiary/aromatic N) is 2. The molecule has 1 aromatic carbocycles. The van der Waals surface area contributed by atoms with Gasteiger partial charge in [-0.3, -0.25) is 4.68 Å². The molecule has 2 heterocycles. The fourth-order valence-electron chi connectivity index (χ4n) is 2.26. The van der Waals surface area contributed by atoms with Crippen molar-refractivity contribution in [2.24, 2.45) is 0 Å². The van der Waals surface area contributed by atoms with Crippen LogP contribution in [0.5, 0.6) is 0 Å². The smallest absolute Gasteiger partial charge is 0.356 e. The van der Waals surface area contributed by atoms with Gasteiger partial charge in [0, 0.05) is 29.2 Å². The van der Waals surface area contributed by atoms with Crippen LogP contribution in [-0.4, -0.2) is 25.8 Å². The quantitative estimate of drug-likeness (QED) is 0.756. The van der Waals surface area contributed by atoms with Crippen LogP contribution in [0, 0.1) is 0 Å². The topological polar surface area (TPSA) is 70.9 Å². The summed E-state index contributed by atoms with van der Waals surface area (Å²) in [6, 6.07) is 9.53. The third-order valence-corrected chi connectivity index (χ3v) is 3.16. The third kappa shape index (κ3) is 1.79. The highest BCUT2D eigenvalue weighted by Gasteiger charge is 2.16. The Balaban J connectivity index is 2.23. The molecule has 0 aliphatic carbocycles. The molecule has 3 aromatic rings. The van der Waals surface area contributed by atoms with E-state index in [1.807, 2.05) is 37.4 Å². The molecule has 0 radical (unpaired) electrons. The van der Waals surface area contributed by atoms with Crippen molar-refractivity contribution in [3.05, 3.63) is 42.2 Å². The van der Waals surface area contributed by atoms with Crippen LogP contribution in [0.2, 0.25) is 0 Å². The molecule has 3 rings (SSSR count). The van der Waals surface area contributed by atoms with Crippen molar-refractivity contribution < 1.29 is 9.90 Å². The maximum absolute atomic E-state index is 11.0. The second kappa shape index (κ2) is 4.28. The first-order chi connectivity index (χ1) is 9.20. The monoisotopic (exact) mass is 255 g/mol. The molecule has 0 fully saturated rings. The minimum Gasteiger partial charge on any atom is -0.476 e. The zero-order valence-electron chi connectivity index (χ0n) is 10.4. The molecule has 2 N–H and O–H groups in total. The van der Waals surface area contributed by atoms with E-state index in [2.05, 4.69) is 10.1 Å². The molecule has 96 valence electrons. The van der Waals surface area contributed by atoms with E-state index >= 15 is 0 Å². The van der Waals surface area contributed by atoms with E-state index in [0.717, 1.165) is 22.2 Å². The molecule has 0 aliphatic rings. The number of H-pyrrole nitrogens is 1. The Morgan fingerprint density at radius 2 is 2.21 bits per heavy atom. The predicted octanol–water partition coefficient (Wildman–Crippen LogP) is 2.75. The first-order valence-electron chi connectivity index (χ1n) is 6.08. The van der Waals surface area contributed by atoms with Crippen molar-refractivity contribution in [3.63, 3.8) is 0 Å². The van der Waals surface area contributed by atoms with Crippen molar-refractivity contribution in [3.8, 4) is 11.3 Å². The first kappa shape index (κ1) is 11.5. The molecule has 0 bridgehead atoms. The number of carbonyl (C=O) groups is 1. The number of carboxylic acid groups (broad SMARTS) is 1. The summed E-state index contributed by atoms with van der Waals surface area (Å²) in [7, 11) is 0. The standard InChI is InChI=1S/C14H13N3O2/c1-2-17-13(7-12(16-17)14(18)19)10-8-15-11-6-4-3-5-9(10)11/h3-8,15H,2H2,1H3,(H,18,19). The molecule has 0 amide bonds. The van der Waals surface area contributed by atoms with Crippen LogP contribution in [0.25, 0.3) is 22.2 Å². The molecule has 19 heavy (non-hydrogen) atoms. The number of aromatic amines is 1. The number of fused-ring (bicyclic) bond motifs is 1. The Hall–Kier alpha value is -2.56. The fourth-order valence-corrected chi connectivity index (χ4v) is 2.26. The number of aromatic carboxylic acids is 1. The maximum atomic E-state index is 11.0. The lowest BCUT2D eigenvalue weighted by molar-refractivity contribution is 0.0689. The van der Waals surface area contributed by atoms with Crippen LogP contribution in [0.1, 0.15) is 17.4 Å². The number of hydrogen-bond acceptors (Lipinski definition) is 2. The summed E-state index contributed by atoms with van der Waals surface area (Å²) in [5.74, 6) is -1.01. The van der Waals surface area contributed by atoms with Crippen LogP contribution in [-0.2, 0) is 6.54 Å². The molecule has 0 aliphatic heterocycles. The van der Waals surface area contributed by atoms with E-state index < -0.39 is 5.97 Å². The van der Waals surface area contributed by atoms with Crippen molar-refractivity contribution >= 4 is 16.9 Å². The Bertz CT molecular complexity index is 755. The summed E-state index contributed by atoms with van der Waals surface area (Å²) in [5.41, 5.74) is 2.88. The molecular formula is C14H13N3O2. The molecule has 0 spiro atoms. The SMILES string of the molecule is CCn1nc(C(=O)O)cc1-c1c[nH]c2ccccc12. The van der Waals surface area contributed by atoms with Gasteiger partial charge in [0.2, 0.25) is 0 Å². The van der Waals surface area contributed by atoms with Crippen molar-refractivity contribution in [2.75, 3.05) is 0 Å². The average molecular weight is 255 g/mol. The van der Waals surface area contributed by atoms with E-state index in [9.17, 15) is 4.79 Å². The van der Waals surface area contributed by atoms with E-state index in [0.29, 0.717) is 6.54 Å². The van der Waals surface area contributed by atoms with Crippen LogP contribution in [0.3, 0.4) is 0 Å². The maximum Gasteiger partial charge on any atom is 0.356 e. The predicted molar refractivity (Wildman–Crippen MR) is 72.2 cm³/mol. The van der Waals surface area contributed by atoms with Crippen molar-refractivity contribution in [2.45, 2.75) is 13.5 Å². The summed E-state index contributed by atoms with van der Waals surface area (Å²) in [5, 5.41) is 14.2. The number of para-hydroxylation sites is 1. The van der Waals surface area contributed by atoms with Crippen molar-refractivity contribution in [1.29, 1.82) is 0 Å². The summed E-state index contributed by atoms with van der Waals surface area (Å²) in [6.45, 7) is 2.57. The lowest BCUT2D eigenvalue weighted by atomic mass is 10.1. The lowest BCUT2D eigenvalue weighted by Gasteiger charge is -2.02. The Morgan fingerprint density at radius 3 is 2.95 bits per heavy atom. The second-order valence-electron chi connectivity index (χ2n) is 4.28. The number of benzene rings is 1. The molecule has 5 heteroatoms. The zero-order chi connectivity index (χ0) is 13.4. The van der Waals surface area contributed by atoms with Gasteiger partial charge < -0.3 is 10.1 Å². The van der Waals surface area contributed by atoms with Crippen LogP contribution in [0.4, 0.5) is 0 Å². The van der Waals surface area contributed by atoms with Crippen molar-refractivity contribution in [1.82, 2.24) is 14.8 Å². The minimum atomic E-state index is -1.01. The number of aryl methyl sites for hydroxylation is 1. The third-order valence-electron chi connectivity index (χ3n) is 3.16. The van der Waals surface area contributed by atoms with Gasteiger partial charge >= 0.3 is 5.97 Å². The van der Waals surface area contributed by atoms with E-state index in [4.69, 9.17) is 5.11 Å². The molecule has 0 unspecified atom stereocenters. The Morgan fingerprint density at radius 1 is 1.42 bits per heavy atom. The van der Waals surface area contributed by atoms with Gasteiger partial charge in [0.1, 0.15) is 0 Å². The molecule has 0 saturated carbocycles. The van der Waals surface area contributed by atoms with Gasteiger partial charge in [-0.1, -0.05) is 18.2 Å². The number of nitrogens with one attached hydrogen (secondary N) is 1. The number of hydrogen-bond donors (Lipinski definition) is 2. The highest BCUT2D eigenvalue weighted by Crippen LogP contribution is 2.29. The molecule has 5 nitrogen and oxygen atoms in total. The van der Waals surface area contributed by atoms with Crippen LogP contribution < -0.4 is 0 Å². The Kier molecular flexibility index (Phi) is 2.59. The normalized spacial score (nSPS) is 11.0. The highest BCUT2D eigenvalue weighted by atomic mass is 16.4. The summed E-state index contributed by atoms with van der Waals surface area (Å²) < 4.78 is 1.71. The highest BCUT2D eigenvalue weighted by molar-refractivity contribution is 5.96.